The van der Waals surface area contributed by atoms with Crippen molar-refractivity contribution in [3.8, 4) is 11.5 Å². The van der Waals surface area contributed by atoms with E-state index in [4.69, 9.17) is 37.4 Å². The fourth-order valence-corrected chi connectivity index (χ4v) is 2.46. The van der Waals surface area contributed by atoms with Gasteiger partial charge in [0, 0.05) is 11.1 Å². The molecule has 0 aliphatic rings. The number of carbonyl (C=O) groups is 1. The maximum atomic E-state index is 11.3. The van der Waals surface area contributed by atoms with Gasteiger partial charge in [0.2, 0.25) is 0 Å². The molecule has 25 heavy (non-hydrogen) atoms. The smallest absolute Gasteiger partial charge is 0.308 e. The molecular weight excluding hydrogens is 363 g/mol. The minimum absolute atomic E-state index is 0.141. The Morgan fingerprint density at radius 3 is 2.52 bits per heavy atom. The van der Waals surface area contributed by atoms with Crippen LogP contribution in [0.4, 0.5) is 0 Å². The first-order chi connectivity index (χ1) is 12.0. The van der Waals surface area contributed by atoms with Gasteiger partial charge in [-0.15, -0.1) is 0 Å². The molecule has 4 nitrogen and oxygen atoms in total. The molecule has 1 atom stereocenters. The molecule has 0 fully saturated rings. The number of benzene rings is 2. The number of hydrogen-bond donors (Lipinski definition) is 0. The van der Waals surface area contributed by atoms with Crippen LogP contribution in [-0.2, 0) is 14.3 Å². The van der Waals surface area contributed by atoms with Crippen LogP contribution >= 0.6 is 23.2 Å². The maximum Gasteiger partial charge on any atom is 0.308 e. The molecular formula is C19H20Cl2O4. The van der Waals surface area contributed by atoms with Gasteiger partial charge in [0.05, 0.1) is 30.8 Å². The lowest BCUT2D eigenvalue weighted by molar-refractivity contribution is -0.144. The van der Waals surface area contributed by atoms with Gasteiger partial charge >= 0.3 is 5.97 Å². The summed E-state index contributed by atoms with van der Waals surface area (Å²) in [6.07, 6.45) is 0.102. The van der Waals surface area contributed by atoms with E-state index in [1.54, 1.807) is 25.1 Å². The first-order valence-electron chi connectivity index (χ1n) is 7.99. The third-order valence-corrected chi connectivity index (χ3v) is 4.00. The molecule has 0 aliphatic carbocycles. The van der Waals surface area contributed by atoms with Gasteiger partial charge in [-0.05, 0) is 43.7 Å². The zero-order valence-electron chi connectivity index (χ0n) is 14.1. The number of ether oxygens (including phenoxy) is 3. The van der Waals surface area contributed by atoms with E-state index in [-0.39, 0.29) is 18.5 Å². The van der Waals surface area contributed by atoms with Crippen LogP contribution < -0.4 is 4.74 Å². The van der Waals surface area contributed by atoms with Crippen LogP contribution in [0.3, 0.4) is 0 Å². The van der Waals surface area contributed by atoms with E-state index < -0.39 is 0 Å². The van der Waals surface area contributed by atoms with E-state index in [1.165, 1.54) is 0 Å². The molecule has 2 rings (SSSR count). The molecule has 134 valence electrons. The molecule has 2 aromatic carbocycles. The molecule has 2 aromatic rings. The standard InChI is InChI=1S/C19H20Cl2O4/c1-3-23-19(22)10-11-24-13(2)14-4-7-16(8-5-14)25-18-12-15(20)6-9-17(18)21/h4-9,12-13H,3,10-11H2,1-2H3. The molecule has 0 saturated heterocycles. The van der Waals surface area contributed by atoms with Gasteiger partial charge in [0.1, 0.15) is 11.5 Å². The Hall–Kier alpha value is -1.75. The minimum Gasteiger partial charge on any atom is -0.466 e. The summed E-state index contributed by atoms with van der Waals surface area (Å²) in [5, 5.41) is 1.05. The fourth-order valence-electron chi connectivity index (χ4n) is 2.14. The Morgan fingerprint density at radius 1 is 1.12 bits per heavy atom. The minimum atomic E-state index is -0.253. The lowest BCUT2D eigenvalue weighted by Gasteiger charge is -2.14. The molecule has 0 aliphatic heterocycles. The largest absolute Gasteiger partial charge is 0.466 e. The van der Waals surface area contributed by atoms with Crippen molar-refractivity contribution < 1.29 is 19.0 Å². The lowest BCUT2D eigenvalue weighted by Crippen LogP contribution is -2.09. The second kappa shape index (κ2) is 9.66. The van der Waals surface area contributed by atoms with E-state index in [0.29, 0.717) is 34.8 Å². The summed E-state index contributed by atoms with van der Waals surface area (Å²) < 4.78 is 16.3. The third-order valence-electron chi connectivity index (χ3n) is 3.45. The van der Waals surface area contributed by atoms with Crippen LogP contribution in [0.15, 0.2) is 42.5 Å². The van der Waals surface area contributed by atoms with Crippen molar-refractivity contribution in [3.63, 3.8) is 0 Å². The lowest BCUT2D eigenvalue weighted by atomic mass is 10.1. The number of halogens is 2. The SMILES string of the molecule is CCOC(=O)CCOC(C)c1ccc(Oc2cc(Cl)ccc2Cl)cc1. The van der Waals surface area contributed by atoms with Gasteiger partial charge in [-0.3, -0.25) is 4.79 Å². The van der Waals surface area contributed by atoms with Gasteiger partial charge in [-0.25, -0.2) is 0 Å². The first-order valence-corrected chi connectivity index (χ1v) is 8.75. The van der Waals surface area contributed by atoms with Crippen molar-refractivity contribution in [1.29, 1.82) is 0 Å². The Kier molecular flexibility index (Phi) is 7.56. The normalized spacial score (nSPS) is 11.8. The molecule has 0 heterocycles. The molecule has 0 saturated carbocycles. The Bertz CT molecular complexity index is 701. The van der Waals surface area contributed by atoms with Crippen LogP contribution in [-0.4, -0.2) is 19.2 Å². The third kappa shape index (κ3) is 6.24. The van der Waals surface area contributed by atoms with Crippen molar-refractivity contribution in [2.45, 2.75) is 26.4 Å². The molecule has 0 radical (unpaired) electrons. The molecule has 1 unspecified atom stereocenters. The van der Waals surface area contributed by atoms with Crippen LogP contribution in [0.1, 0.15) is 31.9 Å². The number of esters is 1. The Balaban J connectivity index is 1.90. The predicted molar refractivity (Wildman–Crippen MR) is 98.6 cm³/mol. The van der Waals surface area contributed by atoms with Crippen LogP contribution in [0.2, 0.25) is 10.0 Å². The summed E-state index contributed by atoms with van der Waals surface area (Å²) in [4.78, 5) is 11.3. The number of carbonyl (C=O) groups excluding carboxylic acids is 1. The quantitative estimate of drug-likeness (QED) is 0.539. The highest BCUT2D eigenvalue weighted by Crippen LogP contribution is 2.32. The fraction of sp³-hybridized carbons (Fsp3) is 0.316. The average molecular weight is 383 g/mol. The van der Waals surface area contributed by atoms with Gasteiger partial charge < -0.3 is 14.2 Å². The van der Waals surface area contributed by atoms with E-state index >= 15 is 0 Å². The Labute approximate surface area is 157 Å². The number of hydrogen-bond acceptors (Lipinski definition) is 4. The zero-order chi connectivity index (χ0) is 18.2. The highest BCUT2D eigenvalue weighted by molar-refractivity contribution is 6.34. The summed E-state index contributed by atoms with van der Waals surface area (Å²) in [5.41, 5.74) is 0.980. The van der Waals surface area contributed by atoms with Crippen LogP contribution in [0.5, 0.6) is 11.5 Å². The summed E-state index contributed by atoms with van der Waals surface area (Å²) >= 11 is 12.0. The first kappa shape index (κ1) is 19.6. The van der Waals surface area contributed by atoms with Gasteiger partial charge in [0.25, 0.3) is 0 Å². The number of rotatable bonds is 8. The molecule has 0 N–H and O–H groups in total. The second-order valence-electron chi connectivity index (χ2n) is 5.31. The second-order valence-corrected chi connectivity index (χ2v) is 6.16. The molecule has 0 spiro atoms. The molecule has 0 bridgehead atoms. The highest BCUT2D eigenvalue weighted by atomic mass is 35.5. The summed E-state index contributed by atoms with van der Waals surface area (Å²) in [5.74, 6) is 0.893. The average Bonchev–Trinajstić information content (AvgIpc) is 2.59. The predicted octanol–water partition coefficient (Wildman–Crippen LogP) is 5.82. The molecule has 0 aromatic heterocycles. The monoisotopic (exact) mass is 382 g/mol. The van der Waals surface area contributed by atoms with Crippen LogP contribution in [0.25, 0.3) is 0 Å². The summed E-state index contributed by atoms with van der Waals surface area (Å²) in [6, 6.07) is 12.5. The highest BCUT2D eigenvalue weighted by Gasteiger charge is 2.09. The van der Waals surface area contributed by atoms with Gasteiger partial charge in [-0.1, -0.05) is 35.3 Å². The van der Waals surface area contributed by atoms with Gasteiger partial charge in [0.15, 0.2) is 0 Å². The van der Waals surface area contributed by atoms with Crippen molar-refractivity contribution >= 4 is 29.2 Å². The topological polar surface area (TPSA) is 44.8 Å². The molecule has 6 heteroatoms. The zero-order valence-corrected chi connectivity index (χ0v) is 15.6. The van der Waals surface area contributed by atoms with E-state index in [1.807, 2.05) is 31.2 Å². The van der Waals surface area contributed by atoms with Crippen molar-refractivity contribution in [3.05, 3.63) is 58.1 Å². The van der Waals surface area contributed by atoms with Crippen molar-refractivity contribution in [2.24, 2.45) is 0 Å². The van der Waals surface area contributed by atoms with E-state index in [0.717, 1.165) is 5.56 Å². The van der Waals surface area contributed by atoms with E-state index in [2.05, 4.69) is 0 Å². The van der Waals surface area contributed by atoms with Crippen molar-refractivity contribution in [1.82, 2.24) is 0 Å². The van der Waals surface area contributed by atoms with Crippen LogP contribution in [0, 0.1) is 0 Å². The maximum absolute atomic E-state index is 11.3. The Morgan fingerprint density at radius 2 is 1.84 bits per heavy atom. The molecule has 0 amide bonds. The van der Waals surface area contributed by atoms with Crippen molar-refractivity contribution in [2.75, 3.05) is 13.2 Å². The van der Waals surface area contributed by atoms with Gasteiger partial charge in [-0.2, -0.15) is 0 Å². The summed E-state index contributed by atoms with van der Waals surface area (Å²) in [7, 11) is 0. The summed E-state index contributed by atoms with van der Waals surface area (Å²) in [6.45, 7) is 4.40. The van der Waals surface area contributed by atoms with E-state index in [9.17, 15) is 4.79 Å².